The number of benzene rings is 2. The van der Waals surface area contributed by atoms with E-state index in [1.165, 1.54) is 0 Å². The number of carbonyl (C=O) groups excluding carboxylic acids is 2. The van der Waals surface area contributed by atoms with Crippen molar-refractivity contribution in [3.63, 3.8) is 0 Å². The van der Waals surface area contributed by atoms with Crippen LogP contribution in [0.5, 0.6) is 5.75 Å². The molecule has 1 amide bonds. The minimum atomic E-state index is -0.710. The third-order valence-corrected chi connectivity index (χ3v) is 6.32. The van der Waals surface area contributed by atoms with Gasteiger partial charge in [0.15, 0.2) is 0 Å². The minimum absolute atomic E-state index is 0.0712. The summed E-state index contributed by atoms with van der Waals surface area (Å²) in [5, 5.41) is 11.8. The molecule has 7 nitrogen and oxygen atoms in total. The maximum Gasteiger partial charge on any atom is 0.295 e. The Kier molecular flexibility index (Phi) is 7.88. The van der Waals surface area contributed by atoms with E-state index in [2.05, 4.69) is 4.90 Å². The predicted octanol–water partition coefficient (Wildman–Crippen LogP) is 3.88. The van der Waals surface area contributed by atoms with Crippen molar-refractivity contribution in [3.05, 3.63) is 70.3 Å². The molecule has 180 valence electrons. The number of morpholine rings is 1. The van der Waals surface area contributed by atoms with Gasteiger partial charge in [0.05, 0.1) is 31.4 Å². The Morgan fingerprint density at radius 3 is 2.56 bits per heavy atom. The Morgan fingerprint density at radius 2 is 1.85 bits per heavy atom. The number of aliphatic hydroxyl groups excluding tert-OH is 1. The van der Waals surface area contributed by atoms with Crippen LogP contribution < -0.4 is 4.74 Å². The second kappa shape index (κ2) is 11.0. The van der Waals surface area contributed by atoms with E-state index in [-0.39, 0.29) is 11.3 Å². The SMILES string of the molecule is CCCOc1cccc(C(O)=C2C(=O)C(=O)N(CCN3CCOCC3)C2c2ccc(Cl)cc2)c1. The van der Waals surface area contributed by atoms with Crippen LogP contribution in [0.15, 0.2) is 54.1 Å². The number of amides is 1. The second-order valence-electron chi connectivity index (χ2n) is 8.37. The maximum absolute atomic E-state index is 13.2. The second-order valence-corrected chi connectivity index (χ2v) is 8.81. The molecule has 2 heterocycles. The van der Waals surface area contributed by atoms with Crippen molar-refractivity contribution in [2.45, 2.75) is 19.4 Å². The summed E-state index contributed by atoms with van der Waals surface area (Å²) in [5.74, 6) is -0.933. The van der Waals surface area contributed by atoms with Crippen LogP contribution in [0.3, 0.4) is 0 Å². The van der Waals surface area contributed by atoms with E-state index in [1.807, 2.05) is 6.92 Å². The largest absolute Gasteiger partial charge is 0.507 e. The fourth-order valence-corrected chi connectivity index (χ4v) is 4.41. The van der Waals surface area contributed by atoms with Crippen molar-refractivity contribution in [2.24, 2.45) is 0 Å². The highest BCUT2D eigenvalue weighted by Gasteiger charge is 2.46. The van der Waals surface area contributed by atoms with Crippen LogP contribution in [0.4, 0.5) is 0 Å². The van der Waals surface area contributed by atoms with Crippen LogP contribution in [-0.2, 0) is 14.3 Å². The van der Waals surface area contributed by atoms with Crippen molar-refractivity contribution in [1.29, 1.82) is 0 Å². The van der Waals surface area contributed by atoms with Gasteiger partial charge in [-0.2, -0.15) is 0 Å². The van der Waals surface area contributed by atoms with Crippen LogP contribution in [0.25, 0.3) is 5.76 Å². The number of carbonyl (C=O) groups is 2. The number of rotatable bonds is 8. The molecule has 2 fully saturated rings. The van der Waals surface area contributed by atoms with Crippen LogP contribution in [0.2, 0.25) is 5.02 Å². The minimum Gasteiger partial charge on any atom is -0.507 e. The molecule has 4 rings (SSSR count). The first kappa shape index (κ1) is 24.3. The Bertz CT molecular complexity index is 1060. The van der Waals surface area contributed by atoms with E-state index in [0.29, 0.717) is 54.8 Å². The highest BCUT2D eigenvalue weighted by Crippen LogP contribution is 2.40. The molecule has 1 unspecified atom stereocenters. The van der Waals surface area contributed by atoms with Crippen LogP contribution in [0, 0.1) is 0 Å². The zero-order chi connectivity index (χ0) is 24.1. The van der Waals surface area contributed by atoms with Gasteiger partial charge in [-0.3, -0.25) is 14.5 Å². The lowest BCUT2D eigenvalue weighted by Gasteiger charge is -2.31. The van der Waals surface area contributed by atoms with Gasteiger partial charge in [-0.1, -0.05) is 42.8 Å². The Hall–Kier alpha value is -2.87. The maximum atomic E-state index is 13.2. The summed E-state index contributed by atoms with van der Waals surface area (Å²) in [6.07, 6.45) is 0.848. The monoisotopic (exact) mass is 484 g/mol. The highest BCUT2D eigenvalue weighted by molar-refractivity contribution is 6.46. The number of hydrogen-bond acceptors (Lipinski definition) is 6. The molecule has 2 aliphatic rings. The van der Waals surface area contributed by atoms with Crippen LogP contribution >= 0.6 is 11.6 Å². The average molecular weight is 485 g/mol. The molecule has 0 aliphatic carbocycles. The van der Waals surface area contributed by atoms with Crippen molar-refractivity contribution in [2.75, 3.05) is 46.0 Å². The lowest BCUT2D eigenvalue weighted by Crippen LogP contribution is -2.42. The standard InChI is InChI=1S/C26H29ClN2O5/c1-2-14-34-21-5-3-4-19(17-21)24(30)22-23(18-6-8-20(27)9-7-18)29(26(32)25(22)31)11-10-28-12-15-33-16-13-28/h3-9,17,23,30H,2,10-16H2,1H3. The number of Topliss-reactive ketones (excluding diaryl/α,β-unsaturated/α-hetero) is 1. The zero-order valence-electron chi connectivity index (χ0n) is 19.2. The van der Waals surface area contributed by atoms with Gasteiger partial charge < -0.3 is 19.5 Å². The van der Waals surface area contributed by atoms with E-state index in [9.17, 15) is 14.7 Å². The van der Waals surface area contributed by atoms with E-state index in [0.717, 1.165) is 19.5 Å². The van der Waals surface area contributed by atoms with Gasteiger partial charge in [0, 0.05) is 36.8 Å². The van der Waals surface area contributed by atoms with Crippen molar-refractivity contribution in [3.8, 4) is 5.75 Å². The molecule has 0 spiro atoms. The molecule has 0 aromatic heterocycles. The van der Waals surface area contributed by atoms with Crippen LogP contribution in [-0.4, -0.2) is 72.6 Å². The smallest absolute Gasteiger partial charge is 0.295 e. The third kappa shape index (κ3) is 5.27. The van der Waals surface area contributed by atoms with Gasteiger partial charge >= 0.3 is 0 Å². The number of nitrogens with zero attached hydrogens (tertiary/aromatic N) is 2. The first-order valence-electron chi connectivity index (χ1n) is 11.6. The summed E-state index contributed by atoms with van der Waals surface area (Å²) in [5.41, 5.74) is 1.21. The quantitative estimate of drug-likeness (QED) is 0.348. The van der Waals surface area contributed by atoms with Crippen molar-refractivity contribution >= 4 is 29.1 Å². The first-order chi connectivity index (χ1) is 16.5. The van der Waals surface area contributed by atoms with Crippen molar-refractivity contribution < 1.29 is 24.2 Å². The summed E-state index contributed by atoms with van der Waals surface area (Å²) >= 11 is 6.09. The van der Waals surface area contributed by atoms with Gasteiger partial charge in [-0.25, -0.2) is 0 Å². The lowest BCUT2D eigenvalue weighted by atomic mass is 9.95. The molecular weight excluding hydrogens is 456 g/mol. The number of aliphatic hydroxyl groups is 1. The van der Waals surface area contributed by atoms with Gasteiger partial charge in [-0.15, -0.1) is 0 Å². The molecule has 1 N–H and O–H groups in total. The van der Waals surface area contributed by atoms with Crippen molar-refractivity contribution in [1.82, 2.24) is 9.80 Å². The average Bonchev–Trinajstić information content (AvgIpc) is 3.12. The highest BCUT2D eigenvalue weighted by atomic mass is 35.5. The third-order valence-electron chi connectivity index (χ3n) is 6.07. The molecule has 2 aromatic carbocycles. The predicted molar refractivity (Wildman–Crippen MR) is 130 cm³/mol. The molecule has 0 bridgehead atoms. The summed E-state index contributed by atoms with van der Waals surface area (Å²) in [4.78, 5) is 30.1. The molecular formula is C26H29ClN2O5. The molecule has 1 atom stereocenters. The van der Waals surface area contributed by atoms with E-state index >= 15 is 0 Å². The Labute approximate surface area is 204 Å². The number of likely N-dealkylation sites (tertiary alicyclic amines) is 1. The van der Waals surface area contributed by atoms with E-state index in [4.69, 9.17) is 21.1 Å². The number of ether oxygens (including phenoxy) is 2. The molecule has 8 heteroatoms. The van der Waals surface area contributed by atoms with Gasteiger partial charge in [0.25, 0.3) is 11.7 Å². The topological polar surface area (TPSA) is 79.3 Å². The molecule has 0 saturated carbocycles. The fourth-order valence-electron chi connectivity index (χ4n) is 4.28. The van der Waals surface area contributed by atoms with E-state index < -0.39 is 17.7 Å². The van der Waals surface area contributed by atoms with Gasteiger partial charge in [-0.05, 0) is 36.2 Å². The van der Waals surface area contributed by atoms with Gasteiger partial charge in [0.2, 0.25) is 0 Å². The Balaban J connectivity index is 1.71. The molecule has 34 heavy (non-hydrogen) atoms. The summed E-state index contributed by atoms with van der Waals surface area (Å²) < 4.78 is 11.1. The molecule has 2 saturated heterocycles. The fraction of sp³-hybridized carbons (Fsp3) is 0.385. The normalized spacial score (nSPS) is 20.6. The zero-order valence-corrected chi connectivity index (χ0v) is 20.0. The number of hydrogen-bond donors (Lipinski definition) is 1. The summed E-state index contributed by atoms with van der Waals surface area (Å²) in [6.45, 7) is 6.37. The number of halogens is 1. The summed E-state index contributed by atoms with van der Waals surface area (Å²) in [6, 6.07) is 13.2. The molecule has 2 aromatic rings. The van der Waals surface area contributed by atoms with Crippen LogP contribution in [0.1, 0.15) is 30.5 Å². The lowest BCUT2D eigenvalue weighted by molar-refractivity contribution is -0.140. The van der Waals surface area contributed by atoms with E-state index in [1.54, 1.807) is 53.4 Å². The van der Waals surface area contributed by atoms with Gasteiger partial charge in [0.1, 0.15) is 11.5 Å². The molecule has 2 aliphatic heterocycles. The Morgan fingerprint density at radius 1 is 1.12 bits per heavy atom. The number of ketones is 1. The molecule has 0 radical (unpaired) electrons. The first-order valence-corrected chi connectivity index (χ1v) is 11.9. The summed E-state index contributed by atoms with van der Waals surface area (Å²) in [7, 11) is 0.